The second-order valence-corrected chi connectivity index (χ2v) is 6.78. The van der Waals surface area contributed by atoms with Crippen LogP contribution in [-0.2, 0) is 0 Å². The second kappa shape index (κ2) is 7.37. The van der Waals surface area contributed by atoms with Gasteiger partial charge in [0.2, 0.25) is 5.89 Å². The number of aromatic nitrogens is 1. The number of carbonyl (C=O) groups excluding carboxylic acids is 1. The molecule has 0 fully saturated rings. The van der Waals surface area contributed by atoms with E-state index in [9.17, 15) is 4.79 Å². The Morgan fingerprint density at radius 3 is 2.79 bits per heavy atom. The lowest BCUT2D eigenvalue weighted by atomic mass is 10.1. The number of hydrogen-bond acceptors (Lipinski definition) is 4. The molecule has 28 heavy (non-hydrogen) atoms. The van der Waals surface area contributed by atoms with E-state index >= 15 is 0 Å². The number of ether oxygens (including phenoxy) is 1. The fraction of sp³-hybridized carbons (Fsp3) is 0.0909. The molecule has 0 unspecified atom stereocenters. The van der Waals surface area contributed by atoms with Gasteiger partial charge in [0.15, 0.2) is 5.58 Å². The van der Waals surface area contributed by atoms with Crippen molar-refractivity contribution in [3.05, 3.63) is 76.8 Å². The molecule has 0 aliphatic heterocycles. The predicted octanol–water partition coefficient (Wildman–Crippen LogP) is 5.72. The number of halogens is 1. The minimum atomic E-state index is -0.286. The van der Waals surface area contributed by atoms with Gasteiger partial charge in [0.1, 0.15) is 11.3 Å². The third-order valence-electron chi connectivity index (χ3n) is 4.34. The maximum Gasteiger partial charge on any atom is 0.255 e. The van der Waals surface area contributed by atoms with Crippen LogP contribution in [0.1, 0.15) is 15.9 Å². The number of aryl methyl sites for hydroxylation is 1. The van der Waals surface area contributed by atoms with Gasteiger partial charge in [-0.1, -0.05) is 23.7 Å². The monoisotopic (exact) mass is 392 g/mol. The minimum absolute atomic E-state index is 0.286. The van der Waals surface area contributed by atoms with Crippen LogP contribution in [0.25, 0.3) is 22.6 Å². The van der Waals surface area contributed by atoms with E-state index < -0.39 is 0 Å². The number of hydrogen-bond donors (Lipinski definition) is 1. The Morgan fingerprint density at radius 1 is 1.11 bits per heavy atom. The average molecular weight is 393 g/mol. The van der Waals surface area contributed by atoms with E-state index in [1.54, 1.807) is 49.6 Å². The summed E-state index contributed by atoms with van der Waals surface area (Å²) in [6.07, 6.45) is 0. The molecule has 6 heteroatoms. The van der Waals surface area contributed by atoms with Gasteiger partial charge in [0, 0.05) is 11.1 Å². The maximum absolute atomic E-state index is 12.6. The van der Waals surface area contributed by atoms with Gasteiger partial charge in [-0.15, -0.1) is 0 Å². The van der Waals surface area contributed by atoms with Gasteiger partial charge in [-0.2, -0.15) is 0 Å². The van der Waals surface area contributed by atoms with Crippen molar-refractivity contribution in [2.24, 2.45) is 0 Å². The Balaban J connectivity index is 1.65. The van der Waals surface area contributed by atoms with Crippen LogP contribution in [0.3, 0.4) is 0 Å². The van der Waals surface area contributed by atoms with Crippen molar-refractivity contribution in [2.45, 2.75) is 6.92 Å². The summed E-state index contributed by atoms with van der Waals surface area (Å²) in [5, 5.41) is 3.26. The van der Waals surface area contributed by atoms with Gasteiger partial charge in [-0.25, -0.2) is 4.98 Å². The summed E-state index contributed by atoms with van der Waals surface area (Å²) < 4.78 is 11.0. The fourth-order valence-corrected chi connectivity index (χ4v) is 3.03. The first-order valence-electron chi connectivity index (χ1n) is 8.66. The number of rotatable bonds is 4. The third kappa shape index (κ3) is 3.57. The molecular formula is C22H17ClN2O3. The average Bonchev–Trinajstić information content (AvgIpc) is 3.12. The zero-order chi connectivity index (χ0) is 19.7. The molecule has 1 heterocycles. The van der Waals surface area contributed by atoms with Gasteiger partial charge in [0.05, 0.1) is 17.8 Å². The molecule has 0 aliphatic carbocycles. The van der Waals surface area contributed by atoms with E-state index in [2.05, 4.69) is 10.3 Å². The lowest BCUT2D eigenvalue weighted by Gasteiger charge is -2.09. The van der Waals surface area contributed by atoms with Crippen molar-refractivity contribution in [1.82, 2.24) is 4.98 Å². The third-order valence-corrected chi connectivity index (χ3v) is 4.67. The van der Waals surface area contributed by atoms with E-state index in [1.807, 2.05) is 25.1 Å². The molecule has 4 aromatic rings. The summed E-state index contributed by atoms with van der Waals surface area (Å²) in [6, 6.07) is 18.0. The Kier molecular flexibility index (Phi) is 4.75. The van der Waals surface area contributed by atoms with Crippen molar-refractivity contribution >= 4 is 34.3 Å². The number of anilines is 1. The standard InChI is InChI=1S/C22H17ClN2O3/c1-13-6-9-18-20(10-13)28-22(25-18)15-7-8-17(23)19(12-15)24-21(26)14-4-3-5-16(11-14)27-2/h3-12H,1-2H3,(H,24,26). The molecule has 0 radical (unpaired) electrons. The molecule has 140 valence electrons. The van der Waals surface area contributed by atoms with Gasteiger partial charge in [-0.3, -0.25) is 4.79 Å². The molecule has 0 bridgehead atoms. The summed E-state index contributed by atoms with van der Waals surface area (Å²) in [5.74, 6) is 0.787. The Hall–Kier alpha value is -3.31. The Morgan fingerprint density at radius 2 is 1.96 bits per heavy atom. The molecule has 0 spiro atoms. The lowest BCUT2D eigenvalue weighted by Crippen LogP contribution is -2.12. The summed E-state index contributed by atoms with van der Waals surface area (Å²) in [4.78, 5) is 17.1. The van der Waals surface area contributed by atoms with Crippen molar-refractivity contribution in [3.63, 3.8) is 0 Å². The molecule has 1 amide bonds. The van der Waals surface area contributed by atoms with Crippen LogP contribution in [0.15, 0.2) is 65.1 Å². The quantitative estimate of drug-likeness (QED) is 0.482. The number of oxazole rings is 1. The van der Waals surface area contributed by atoms with Gasteiger partial charge >= 0.3 is 0 Å². The van der Waals surface area contributed by atoms with E-state index in [4.69, 9.17) is 20.8 Å². The van der Waals surface area contributed by atoms with Crippen LogP contribution in [0.5, 0.6) is 5.75 Å². The van der Waals surface area contributed by atoms with Crippen molar-refractivity contribution < 1.29 is 13.9 Å². The molecule has 1 aromatic heterocycles. The highest BCUT2D eigenvalue weighted by Crippen LogP contribution is 2.31. The first-order valence-corrected chi connectivity index (χ1v) is 9.04. The van der Waals surface area contributed by atoms with Crippen LogP contribution in [-0.4, -0.2) is 18.0 Å². The first-order chi connectivity index (χ1) is 13.5. The highest BCUT2D eigenvalue weighted by molar-refractivity contribution is 6.34. The summed E-state index contributed by atoms with van der Waals surface area (Å²) in [6.45, 7) is 2.00. The predicted molar refractivity (Wildman–Crippen MR) is 110 cm³/mol. The summed E-state index contributed by atoms with van der Waals surface area (Å²) in [7, 11) is 1.55. The summed E-state index contributed by atoms with van der Waals surface area (Å²) >= 11 is 6.28. The molecular weight excluding hydrogens is 376 g/mol. The Bertz CT molecular complexity index is 1180. The van der Waals surface area contributed by atoms with E-state index in [0.29, 0.717) is 33.5 Å². The van der Waals surface area contributed by atoms with Crippen LogP contribution in [0.2, 0.25) is 5.02 Å². The molecule has 0 aliphatic rings. The number of benzene rings is 3. The molecule has 5 nitrogen and oxygen atoms in total. The van der Waals surface area contributed by atoms with Crippen molar-refractivity contribution in [2.75, 3.05) is 12.4 Å². The SMILES string of the molecule is COc1cccc(C(=O)Nc2cc(-c3nc4ccc(C)cc4o3)ccc2Cl)c1. The molecule has 1 N–H and O–H groups in total. The minimum Gasteiger partial charge on any atom is -0.497 e. The first kappa shape index (κ1) is 18.1. The van der Waals surface area contributed by atoms with E-state index in [-0.39, 0.29) is 5.91 Å². The van der Waals surface area contributed by atoms with Crippen LogP contribution >= 0.6 is 11.6 Å². The van der Waals surface area contributed by atoms with Gasteiger partial charge in [-0.05, 0) is 61.0 Å². The zero-order valence-corrected chi connectivity index (χ0v) is 16.1. The number of methoxy groups -OCH3 is 1. The normalized spacial score (nSPS) is 10.8. The molecule has 0 saturated heterocycles. The molecule has 0 atom stereocenters. The van der Waals surface area contributed by atoms with Crippen LogP contribution < -0.4 is 10.1 Å². The number of nitrogens with one attached hydrogen (secondary N) is 1. The maximum atomic E-state index is 12.6. The second-order valence-electron chi connectivity index (χ2n) is 6.37. The summed E-state index contributed by atoms with van der Waals surface area (Å²) in [5.41, 5.74) is 4.25. The van der Waals surface area contributed by atoms with Crippen molar-refractivity contribution in [3.8, 4) is 17.2 Å². The van der Waals surface area contributed by atoms with E-state index in [1.165, 1.54) is 0 Å². The molecule has 3 aromatic carbocycles. The Labute approximate surface area is 166 Å². The largest absolute Gasteiger partial charge is 0.497 e. The topological polar surface area (TPSA) is 64.4 Å². The zero-order valence-electron chi connectivity index (χ0n) is 15.3. The van der Waals surface area contributed by atoms with Crippen LogP contribution in [0, 0.1) is 6.92 Å². The molecule has 4 rings (SSSR count). The number of fused-ring (bicyclic) bond motifs is 1. The van der Waals surface area contributed by atoms with Crippen molar-refractivity contribution in [1.29, 1.82) is 0 Å². The van der Waals surface area contributed by atoms with Crippen LogP contribution in [0.4, 0.5) is 5.69 Å². The highest BCUT2D eigenvalue weighted by Gasteiger charge is 2.13. The molecule has 0 saturated carbocycles. The number of amides is 1. The lowest BCUT2D eigenvalue weighted by molar-refractivity contribution is 0.102. The fourth-order valence-electron chi connectivity index (χ4n) is 2.87. The smallest absolute Gasteiger partial charge is 0.255 e. The van der Waals surface area contributed by atoms with Gasteiger partial charge < -0.3 is 14.5 Å². The highest BCUT2D eigenvalue weighted by atomic mass is 35.5. The van der Waals surface area contributed by atoms with E-state index in [0.717, 1.165) is 16.6 Å². The number of nitrogens with zero attached hydrogens (tertiary/aromatic N) is 1. The number of carbonyl (C=O) groups is 1. The van der Waals surface area contributed by atoms with Gasteiger partial charge in [0.25, 0.3) is 5.91 Å².